The van der Waals surface area contributed by atoms with Crippen molar-refractivity contribution in [2.75, 3.05) is 0 Å². The molecule has 0 amide bonds. The molecule has 0 atom stereocenters. The molecule has 0 N–H and O–H groups in total. The molecule has 0 aliphatic heterocycles. The van der Waals surface area contributed by atoms with E-state index in [1.54, 1.807) is 5.57 Å². The van der Waals surface area contributed by atoms with Gasteiger partial charge in [0, 0.05) is 0 Å². The zero-order valence-corrected chi connectivity index (χ0v) is 12.1. The Morgan fingerprint density at radius 2 is 1.67 bits per heavy atom. The van der Waals surface area contributed by atoms with E-state index in [0.29, 0.717) is 0 Å². The van der Waals surface area contributed by atoms with Crippen molar-refractivity contribution in [3.05, 3.63) is 11.6 Å². The fraction of sp³-hybridized carbons (Fsp3) is 0.857. The first-order valence-electron chi connectivity index (χ1n) is 6.84. The van der Waals surface area contributed by atoms with E-state index in [9.17, 15) is 0 Å². The number of hydrogen-bond acceptors (Lipinski definition) is 0. The molecule has 1 aliphatic rings. The van der Waals surface area contributed by atoms with E-state index >= 15 is 0 Å². The fourth-order valence-electron chi connectivity index (χ4n) is 2.59. The van der Waals surface area contributed by atoms with Crippen LogP contribution in [0, 0.1) is 5.92 Å². The molecular weight excluding hydrogens is 196 g/mol. The summed E-state index contributed by atoms with van der Waals surface area (Å²) in [4.78, 5) is 0. The van der Waals surface area contributed by atoms with Gasteiger partial charge in [0.15, 0.2) is 0 Å². The van der Waals surface area contributed by atoms with Crippen molar-refractivity contribution in [2.45, 2.75) is 71.1 Å². The highest BCUT2D eigenvalue weighted by atomic mass is 28.3. The lowest BCUT2D eigenvalue weighted by atomic mass is 10.2. The minimum atomic E-state index is -0.843. The largest absolute Gasteiger partial charge is 0.0856 e. The van der Waals surface area contributed by atoms with E-state index in [1.165, 1.54) is 43.4 Å². The summed E-state index contributed by atoms with van der Waals surface area (Å²) in [6.45, 7) is 9.58. The van der Waals surface area contributed by atoms with Crippen LogP contribution in [0.5, 0.6) is 0 Å². The van der Waals surface area contributed by atoms with Gasteiger partial charge in [-0.25, -0.2) is 0 Å². The summed E-state index contributed by atoms with van der Waals surface area (Å²) in [5.74, 6) is 0.978. The molecule has 0 nitrogen and oxygen atoms in total. The average Bonchev–Trinajstić information content (AvgIpc) is 3.08. The van der Waals surface area contributed by atoms with Crippen molar-refractivity contribution in [1.82, 2.24) is 0 Å². The second-order valence-corrected chi connectivity index (χ2v) is 10.9. The van der Waals surface area contributed by atoms with Gasteiger partial charge in [-0.05, 0) is 32.1 Å². The van der Waals surface area contributed by atoms with E-state index in [0.717, 1.165) is 5.92 Å². The third-order valence-corrected chi connectivity index (χ3v) is 10.5. The Labute approximate surface area is 97.2 Å². The predicted octanol–water partition coefficient (Wildman–Crippen LogP) is 5.24. The van der Waals surface area contributed by atoms with E-state index < -0.39 is 8.07 Å². The maximum absolute atomic E-state index is 2.54. The van der Waals surface area contributed by atoms with Gasteiger partial charge in [-0.15, -0.1) is 0 Å². The molecular formula is C14H28Si. The van der Waals surface area contributed by atoms with Crippen LogP contribution in [-0.2, 0) is 0 Å². The first-order valence-corrected chi connectivity index (χ1v) is 9.67. The summed E-state index contributed by atoms with van der Waals surface area (Å²) < 4.78 is 0. The van der Waals surface area contributed by atoms with E-state index in [4.69, 9.17) is 0 Å². The maximum atomic E-state index is 2.54. The summed E-state index contributed by atoms with van der Waals surface area (Å²) in [6.07, 6.45) is 6.82. The summed E-state index contributed by atoms with van der Waals surface area (Å²) in [5.41, 5.74) is 1.68. The van der Waals surface area contributed by atoms with Crippen molar-refractivity contribution in [3.8, 4) is 0 Å². The Morgan fingerprint density at radius 3 is 2.07 bits per heavy atom. The number of hydrogen-bond donors (Lipinski definition) is 0. The molecule has 0 spiro atoms. The van der Waals surface area contributed by atoms with Gasteiger partial charge in [0.25, 0.3) is 0 Å². The van der Waals surface area contributed by atoms with E-state index in [1.807, 2.05) is 0 Å². The van der Waals surface area contributed by atoms with Crippen LogP contribution in [-0.4, -0.2) is 8.07 Å². The van der Waals surface area contributed by atoms with Crippen LogP contribution in [0.25, 0.3) is 0 Å². The van der Waals surface area contributed by atoms with Crippen LogP contribution in [0.1, 0.15) is 47.0 Å². The van der Waals surface area contributed by atoms with Crippen LogP contribution in [0.15, 0.2) is 11.6 Å². The molecule has 0 bridgehead atoms. The Hall–Kier alpha value is -0.0431. The summed E-state index contributed by atoms with van der Waals surface area (Å²) in [5, 5.41) is 0. The molecule has 1 aliphatic carbocycles. The van der Waals surface area contributed by atoms with Crippen molar-refractivity contribution >= 4 is 8.07 Å². The Balaban J connectivity index is 2.35. The van der Waals surface area contributed by atoms with Crippen molar-refractivity contribution in [1.29, 1.82) is 0 Å². The minimum Gasteiger partial charge on any atom is -0.0856 e. The third-order valence-electron chi connectivity index (χ3n) is 4.61. The SMILES string of the molecule is CC[Si](CC)(CC)CC/C=C(\C)C1CC1. The smallest absolute Gasteiger partial charge is 0.0530 e. The number of rotatable bonds is 7. The second-order valence-electron chi connectivity index (χ2n) is 5.32. The molecule has 0 aromatic heterocycles. The summed E-state index contributed by atoms with van der Waals surface area (Å²) >= 11 is 0. The van der Waals surface area contributed by atoms with Crippen LogP contribution >= 0.6 is 0 Å². The second kappa shape index (κ2) is 5.88. The van der Waals surface area contributed by atoms with Gasteiger partial charge in [-0.3, -0.25) is 0 Å². The van der Waals surface area contributed by atoms with Gasteiger partial charge in [-0.2, -0.15) is 0 Å². The lowest BCUT2D eigenvalue weighted by molar-refractivity contribution is 0.966. The highest BCUT2D eigenvalue weighted by molar-refractivity contribution is 6.79. The van der Waals surface area contributed by atoms with E-state index in [2.05, 4.69) is 33.8 Å². The van der Waals surface area contributed by atoms with E-state index in [-0.39, 0.29) is 0 Å². The summed E-state index contributed by atoms with van der Waals surface area (Å²) in [7, 11) is -0.843. The molecule has 0 unspecified atom stereocenters. The number of allylic oxidation sites excluding steroid dienone is 2. The standard InChI is InChI=1S/C14H28Si/c1-5-15(6-2,7-3)12-8-9-13(4)14-10-11-14/h9,14H,5-8,10-12H2,1-4H3/b13-9+. The van der Waals surface area contributed by atoms with Gasteiger partial charge in [0.05, 0.1) is 8.07 Å². The predicted molar refractivity (Wildman–Crippen MR) is 73.1 cm³/mol. The highest BCUT2D eigenvalue weighted by Crippen LogP contribution is 2.36. The van der Waals surface area contributed by atoms with Crippen molar-refractivity contribution in [3.63, 3.8) is 0 Å². The molecule has 0 radical (unpaired) electrons. The topological polar surface area (TPSA) is 0 Å². The molecule has 0 aromatic carbocycles. The monoisotopic (exact) mass is 224 g/mol. The minimum absolute atomic E-state index is 0.843. The molecule has 0 aromatic rings. The maximum Gasteiger partial charge on any atom is 0.0530 e. The molecule has 1 saturated carbocycles. The van der Waals surface area contributed by atoms with Crippen LogP contribution in [0.3, 0.4) is 0 Å². The highest BCUT2D eigenvalue weighted by Gasteiger charge is 2.26. The van der Waals surface area contributed by atoms with Gasteiger partial charge in [-0.1, -0.05) is 56.6 Å². The van der Waals surface area contributed by atoms with Gasteiger partial charge in [0.1, 0.15) is 0 Å². The molecule has 88 valence electrons. The quantitative estimate of drug-likeness (QED) is 0.410. The van der Waals surface area contributed by atoms with Crippen LogP contribution < -0.4 is 0 Å². The Kier molecular flexibility index (Phi) is 5.11. The molecule has 0 saturated heterocycles. The normalized spacial score (nSPS) is 18.3. The first kappa shape index (κ1) is 13.0. The fourth-order valence-corrected chi connectivity index (χ4v) is 5.91. The third kappa shape index (κ3) is 3.79. The van der Waals surface area contributed by atoms with Gasteiger partial charge < -0.3 is 0 Å². The molecule has 1 rings (SSSR count). The Morgan fingerprint density at radius 1 is 1.13 bits per heavy atom. The molecule has 1 fully saturated rings. The molecule has 0 heterocycles. The molecule has 1 heteroatoms. The van der Waals surface area contributed by atoms with Crippen LogP contribution in [0.2, 0.25) is 24.2 Å². The zero-order valence-electron chi connectivity index (χ0n) is 11.1. The first-order chi connectivity index (χ1) is 7.17. The zero-order chi connectivity index (χ0) is 11.3. The van der Waals surface area contributed by atoms with Crippen molar-refractivity contribution in [2.24, 2.45) is 5.92 Å². The molecule has 15 heavy (non-hydrogen) atoms. The van der Waals surface area contributed by atoms with Gasteiger partial charge in [0.2, 0.25) is 0 Å². The average molecular weight is 224 g/mol. The van der Waals surface area contributed by atoms with Crippen LogP contribution in [0.4, 0.5) is 0 Å². The lowest BCUT2D eigenvalue weighted by Crippen LogP contribution is -2.30. The lowest BCUT2D eigenvalue weighted by Gasteiger charge is -2.27. The van der Waals surface area contributed by atoms with Crippen molar-refractivity contribution < 1.29 is 0 Å². The summed E-state index contributed by atoms with van der Waals surface area (Å²) in [6, 6.07) is 5.98. The van der Waals surface area contributed by atoms with Gasteiger partial charge >= 0.3 is 0 Å². The Bertz CT molecular complexity index is 201.